The van der Waals surface area contributed by atoms with Crippen LogP contribution in [-0.2, 0) is 0 Å². The zero-order valence-corrected chi connectivity index (χ0v) is 12.9. The van der Waals surface area contributed by atoms with Gasteiger partial charge in [0.1, 0.15) is 6.07 Å². The largest absolute Gasteiger partial charge is 0.264 e. The molecule has 1 saturated carbocycles. The molecule has 0 aromatic carbocycles. The van der Waals surface area contributed by atoms with Crippen molar-refractivity contribution in [1.29, 1.82) is 5.26 Å². The molecule has 0 bridgehead atoms. The van der Waals surface area contributed by atoms with Crippen molar-refractivity contribution in [1.82, 2.24) is 9.97 Å². The highest BCUT2D eigenvalue weighted by Gasteiger charge is 2.40. The topological polar surface area (TPSA) is 49.6 Å². The Balaban J connectivity index is 1.83. The maximum Gasteiger partial charge on any atom is 0.101 e. The Morgan fingerprint density at radius 3 is 2.76 bits per heavy atom. The smallest absolute Gasteiger partial charge is 0.101 e. The summed E-state index contributed by atoms with van der Waals surface area (Å²) in [6, 6.07) is 7.86. The van der Waals surface area contributed by atoms with E-state index in [1.807, 2.05) is 30.2 Å². The molecule has 3 nitrogen and oxygen atoms in total. The summed E-state index contributed by atoms with van der Waals surface area (Å²) in [7, 11) is 0. The molecular formula is C17H17N3S. The van der Waals surface area contributed by atoms with Gasteiger partial charge in [0.2, 0.25) is 0 Å². The van der Waals surface area contributed by atoms with E-state index in [0.717, 1.165) is 17.0 Å². The molecule has 0 radical (unpaired) electrons. The second-order valence-electron chi connectivity index (χ2n) is 5.56. The Morgan fingerprint density at radius 1 is 1.29 bits per heavy atom. The highest BCUT2D eigenvalue weighted by Crippen LogP contribution is 2.52. The van der Waals surface area contributed by atoms with Crippen LogP contribution in [0.5, 0.6) is 0 Å². The van der Waals surface area contributed by atoms with Crippen LogP contribution in [0.1, 0.15) is 31.7 Å². The van der Waals surface area contributed by atoms with Crippen molar-refractivity contribution in [3.05, 3.63) is 42.4 Å². The second-order valence-corrected chi connectivity index (χ2v) is 6.58. The van der Waals surface area contributed by atoms with Gasteiger partial charge in [-0.3, -0.25) is 9.97 Å². The minimum absolute atomic E-state index is 0.559. The minimum atomic E-state index is 0.559. The summed E-state index contributed by atoms with van der Waals surface area (Å²) in [5.74, 6) is 1.16. The normalized spacial score (nSPS) is 15.4. The van der Waals surface area contributed by atoms with Gasteiger partial charge in [-0.1, -0.05) is 6.92 Å². The van der Waals surface area contributed by atoms with E-state index in [2.05, 4.69) is 29.0 Å². The van der Waals surface area contributed by atoms with Crippen LogP contribution < -0.4 is 0 Å². The predicted octanol–water partition coefficient (Wildman–Crippen LogP) is 4.30. The average molecular weight is 295 g/mol. The lowest BCUT2D eigenvalue weighted by Gasteiger charge is -2.13. The number of aromatic nitrogens is 2. The van der Waals surface area contributed by atoms with Crippen LogP contribution >= 0.6 is 11.8 Å². The number of rotatable bonds is 5. The molecule has 2 aromatic heterocycles. The van der Waals surface area contributed by atoms with Crippen LogP contribution in [-0.4, -0.2) is 15.7 Å². The molecule has 2 aromatic rings. The van der Waals surface area contributed by atoms with Crippen LogP contribution in [0.2, 0.25) is 0 Å². The predicted molar refractivity (Wildman–Crippen MR) is 84.9 cm³/mol. The molecule has 21 heavy (non-hydrogen) atoms. The molecule has 2 heterocycles. The van der Waals surface area contributed by atoms with Crippen LogP contribution in [0.25, 0.3) is 11.3 Å². The number of nitrogens with zero attached hydrogens (tertiary/aromatic N) is 3. The molecule has 1 aliphatic rings. The van der Waals surface area contributed by atoms with E-state index in [-0.39, 0.29) is 0 Å². The van der Waals surface area contributed by atoms with Gasteiger partial charge in [-0.25, -0.2) is 0 Å². The molecule has 0 amide bonds. The van der Waals surface area contributed by atoms with Crippen LogP contribution in [0.4, 0.5) is 0 Å². The van der Waals surface area contributed by atoms with Crippen molar-refractivity contribution in [2.24, 2.45) is 5.41 Å². The third-order valence-corrected chi connectivity index (χ3v) is 5.61. The number of nitriles is 1. The molecule has 0 saturated heterocycles. The molecular weight excluding hydrogens is 278 g/mol. The van der Waals surface area contributed by atoms with E-state index in [1.54, 1.807) is 12.3 Å². The van der Waals surface area contributed by atoms with Crippen molar-refractivity contribution in [2.45, 2.75) is 31.1 Å². The highest BCUT2D eigenvalue weighted by molar-refractivity contribution is 7.99. The van der Waals surface area contributed by atoms with Crippen molar-refractivity contribution in [3.63, 3.8) is 0 Å². The van der Waals surface area contributed by atoms with Gasteiger partial charge < -0.3 is 0 Å². The molecule has 0 aliphatic heterocycles. The highest BCUT2D eigenvalue weighted by atomic mass is 32.2. The van der Waals surface area contributed by atoms with Crippen LogP contribution in [0.15, 0.2) is 41.7 Å². The van der Waals surface area contributed by atoms with Gasteiger partial charge in [-0.05, 0) is 42.9 Å². The summed E-state index contributed by atoms with van der Waals surface area (Å²) in [4.78, 5) is 9.83. The number of hydrogen-bond acceptors (Lipinski definition) is 4. The lowest BCUT2D eigenvalue weighted by Crippen LogP contribution is -2.01. The molecule has 106 valence electrons. The van der Waals surface area contributed by atoms with E-state index in [9.17, 15) is 0 Å². The first-order valence-electron chi connectivity index (χ1n) is 7.20. The molecule has 0 atom stereocenters. The van der Waals surface area contributed by atoms with Crippen LogP contribution in [0.3, 0.4) is 0 Å². The molecule has 4 heteroatoms. The Labute approximate surface area is 129 Å². The zero-order chi connectivity index (χ0) is 14.7. The van der Waals surface area contributed by atoms with Gasteiger partial charge in [0, 0.05) is 34.8 Å². The minimum Gasteiger partial charge on any atom is -0.264 e. The van der Waals surface area contributed by atoms with Gasteiger partial charge in [0.25, 0.3) is 0 Å². The van der Waals surface area contributed by atoms with E-state index < -0.39 is 0 Å². The molecule has 1 aliphatic carbocycles. The number of thioether (sulfide) groups is 1. The van der Waals surface area contributed by atoms with Crippen LogP contribution in [0, 0.1) is 16.7 Å². The SMILES string of the molecule is CCC1(CSc2ccncc2-c2ccc(C#N)cn2)CC1. The summed E-state index contributed by atoms with van der Waals surface area (Å²) in [5, 5.41) is 8.86. The fraction of sp³-hybridized carbons (Fsp3) is 0.353. The summed E-state index contributed by atoms with van der Waals surface area (Å²) in [6.45, 7) is 2.28. The van der Waals surface area contributed by atoms with E-state index in [1.165, 1.54) is 24.2 Å². The number of hydrogen-bond donors (Lipinski definition) is 0. The first kappa shape index (κ1) is 14.1. The van der Waals surface area contributed by atoms with Crippen molar-refractivity contribution in [2.75, 3.05) is 5.75 Å². The maximum absolute atomic E-state index is 8.86. The summed E-state index contributed by atoms with van der Waals surface area (Å²) >= 11 is 1.90. The molecule has 0 unspecified atom stereocenters. The van der Waals surface area contributed by atoms with Gasteiger partial charge in [-0.2, -0.15) is 5.26 Å². The van der Waals surface area contributed by atoms with Gasteiger partial charge in [0.05, 0.1) is 11.3 Å². The standard InChI is InChI=1S/C17H17N3S/c1-2-17(6-7-17)12-21-16-5-8-19-11-14(16)15-4-3-13(9-18)10-20-15/h3-5,8,10-11H,2,6-7,12H2,1H3. The Kier molecular flexibility index (Phi) is 3.94. The Bertz CT molecular complexity index is 669. The second kappa shape index (κ2) is 5.87. The molecule has 0 spiro atoms. The van der Waals surface area contributed by atoms with Crippen molar-refractivity contribution >= 4 is 11.8 Å². The Morgan fingerprint density at radius 2 is 2.14 bits per heavy atom. The van der Waals surface area contributed by atoms with Gasteiger partial charge in [-0.15, -0.1) is 11.8 Å². The summed E-state index contributed by atoms with van der Waals surface area (Å²) in [5.41, 5.74) is 3.08. The van der Waals surface area contributed by atoms with E-state index in [4.69, 9.17) is 5.26 Å². The van der Waals surface area contributed by atoms with Gasteiger partial charge in [0.15, 0.2) is 0 Å². The Hall–Kier alpha value is -1.86. The van der Waals surface area contributed by atoms with Gasteiger partial charge >= 0.3 is 0 Å². The van der Waals surface area contributed by atoms with E-state index >= 15 is 0 Å². The zero-order valence-electron chi connectivity index (χ0n) is 12.0. The van der Waals surface area contributed by atoms with Crippen molar-refractivity contribution in [3.8, 4) is 17.3 Å². The summed E-state index contributed by atoms with van der Waals surface area (Å²) in [6.07, 6.45) is 9.28. The lowest BCUT2D eigenvalue weighted by molar-refractivity contribution is 0.562. The maximum atomic E-state index is 8.86. The number of pyridine rings is 2. The first-order chi connectivity index (χ1) is 10.3. The molecule has 1 fully saturated rings. The molecule has 0 N–H and O–H groups in total. The molecule has 3 rings (SSSR count). The fourth-order valence-corrected chi connectivity index (χ4v) is 3.75. The fourth-order valence-electron chi connectivity index (χ4n) is 2.33. The third-order valence-electron chi connectivity index (χ3n) is 4.19. The van der Waals surface area contributed by atoms with Crippen molar-refractivity contribution < 1.29 is 0 Å². The lowest BCUT2D eigenvalue weighted by atomic mass is 10.1. The van der Waals surface area contributed by atoms with E-state index in [0.29, 0.717) is 11.0 Å². The third kappa shape index (κ3) is 3.08. The quantitative estimate of drug-likeness (QED) is 0.772. The monoisotopic (exact) mass is 295 g/mol. The summed E-state index contributed by atoms with van der Waals surface area (Å²) < 4.78 is 0. The average Bonchev–Trinajstić information content (AvgIpc) is 3.34. The first-order valence-corrected chi connectivity index (χ1v) is 8.18.